The van der Waals surface area contributed by atoms with Crippen molar-refractivity contribution < 1.29 is 0 Å². The van der Waals surface area contributed by atoms with Gasteiger partial charge in [0.25, 0.3) is 0 Å². The molecule has 3 atom stereocenters. The number of aromatic nitrogens is 2. The van der Waals surface area contributed by atoms with Crippen LogP contribution in [0.3, 0.4) is 0 Å². The number of hydrogen-bond acceptors (Lipinski definition) is 6. The highest BCUT2D eigenvalue weighted by Crippen LogP contribution is 2.30. The minimum absolute atomic E-state index is 0.492. The van der Waals surface area contributed by atoms with Crippen LogP contribution in [0.1, 0.15) is 33.1 Å². The molecule has 1 aliphatic rings. The zero-order chi connectivity index (χ0) is 13.8. The van der Waals surface area contributed by atoms with Crippen molar-refractivity contribution in [2.75, 3.05) is 17.0 Å². The highest BCUT2D eigenvalue weighted by molar-refractivity contribution is 7.98. The quantitative estimate of drug-likeness (QED) is 0.341. The van der Waals surface area contributed by atoms with E-state index in [1.54, 1.807) is 0 Å². The lowest BCUT2D eigenvalue weighted by Gasteiger charge is -2.33. The van der Waals surface area contributed by atoms with Gasteiger partial charge in [-0.1, -0.05) is 25.6 Å². The molecule has 1 aromatic heterocycles. The maximum absolute atomic E-state index is 5.44. The average Bonchev–Trinajstić information content (AvgIpc) is 2.41. The van der Waals surface area contributed by atoms with Crippen LogP contribution in [0.5, 0.6) is 0 Å². The second-order valence-corrected chi connectivity index (χ2v) is 6.19. The Hall–Kier alpha value is -1.01. The highest BCUT2D eigenvalue weighted by Gasteiger charge is 2.25. The van der Waals surface area contributed by atoms with Gasteiger partial charge < -0.3 is 10.7 Å². The van der Waals surface area contributed by atoms with E-state index in [0.29, 0.717) is 17.8 Å². The van der Waals surface area contributed by atoms with Gasteiger partial charge in [-0.2, -0.15) is 0 Å². The monoisotopic (exact) mass is 281 g/mol. The lowest BCUT2D eigenvalue weighted by Crippen LogP contribution is -2.33. The molecule has 0 amide bonds. The maximum Gasteiger partial charge on any atom is 0.191 e. The molecule has 1 aromatic rings. The summed E-state index contributed by atoms with van der Waals surface area (Å²) >= 11 is 1.52. The first-order valence-electron chi connectivity index (χ1n) is 6.78. The summed E-state index contributed by atoms with van der Waals surface area (Å²) in [6.07, 6.45) is 5.72. The topological polar surface area (TPSA) is 75.9 Å². The summed E-state index contributed by atoms with van der Waals surface area (Å²) in [5.41, 5.74) is 2.59. The van der Waals surface area contributed by atoms with Gasteiger partial charge in [-0.15, -0.1) is 0 Å². The van der Waals surface area contributed by atoms with Crippen molar-refractivity contribution in [1.29, 1.82) is 0 Å². The third-order valence-corrected chi connectivity index (χ3v) is 4.35. The summed E-state index contributed by atoms with van der Waals surface area (Å²) in [5, 5.41) is 4.27. The molecule has 19 heavy (non-hydrogen) atoms. The number of nitrogens with one attached hydrogen (secondary N) is 2. The molecule has 4 N–H and O–H groups in total. The molecular weight excluding hydrogens is 258 g/mol. The van der Waals surface area contributed by atoms with Crippen molar-refractivity contribution in [3.8, 4) is 0 Å². The van der Waals surface area contributed by atoms with Crippen molar-refractivity contribution >= 4 is 23.4 Å². The van der Waals surface area contributed by atoms with Crippen LogP contribution in [0.4, 0.5) is 11.6 Å². The molecule has 1 aliphatic carbocycles. The van der Waals surface area contributed by atoms with E-state index < -0.39 is 0 Å². The Labute approximate surface area is 119 Å². The van der Waals surface area contributed by atoms with Gasteiger partial charge in [0.2, 0.25) is 0 Å². The summed E-state index contributed by atoms with van der Waals surface area (Å²) in [5.74, 6) is 8.46. The Morgan fingerprint density at radius 1 is 1.26 bits per heavy atom. The average molecular weight is 281 g/mol. The zero-order valence-corrected chi connectivity index (χ0v) is 12.6. The fourth-order valence-corrected chi connectivity index (χ4v) is 3.11. The molecule has 106 valence electrons. The largest absolute Gasteiger partial charge is 0.367 e. The molecule has 0 aliphatic heterocycles. The second kappa shape index (κ2) is 6.43. The van der Waals surface area contributed by atoms with Gasteiger partial charge in [-0.05, 0) is 37.4 Å². The number of hydrazine groups is 1. The molecule has 0 bridgehead atoms. The van der Waals surface area contributed by atoms with Gasteiger partial charge in [0, 0.05) is 12.1 Å². The summed E-state index contributed by atoms with van der Waals surface area (Å²) in [6.45, 7) is 4.64. The third-order valence-electron chi connectivity index (χ3n) is 3.80. The van der Waals surface area contributed by atoms with Gasteiger partial charge in [0.15, 0.2) is 5.16 Å². The van der Waals surface area contributed by atoms with E-state index in [2.05, 4.69) is 34.6 Å². The smallest absolute Gasteiger partial charge is 0.191 e. The van der Waals surface area contributed by atoms with E-state index in [1.807, 2.05) is 12.3 Å². The molecule has 2 rings (SSSR count). The van der Waals surface area contributed by atoms with E-state index in [4.69, 9.17) is 5.84 Å². The minimum atomic E-state index is 0.492. The molecule has 0 spiro atoms. The SMILES string of the molecule is CSc1nc(NN)cc(NC2CCC(C)CC2C)n1. The van der Waals surface area contributed by atoms with Crippen LogP contribution >= 0.6 is 11.8 Å². The van der Waals surface area contributed by atoms with Crippen molar-refractivity contribution in [3.63, 3.8) is 0 Å². The van der Waals surface area contributed by atoms with Crippen LogP contribution in [0, 0.1) is 11.8 Å². The van der Waals surface area contributed by atoms with Gasteiger partial charge in [-0.25, -0.2) is 15.8 Å². The van der Waals surface area contributed by atoms with Gasteiger partial charge in [0.1, 0.15) is 11.6 Å². The minimum Gasteiger partial charge on any atom is -0.367 e. The summed E-state index contributed by atoms with van der Waals surface area (Å²) < 4.78 is 0. The van der Waals surface area contributed by atoms with Crippen LogP contribution in [0.25, 0.3) is 0 Å². The Morgan fingerprint density at radius 2 is 2.00 bits per heavy atom. The number of nitrogen functional groups attached to an aromatic ring is 1. The van der Waals surface area contributed by atoms with E-state index in [0.717, 1.165) is 16.9 Å². The fraction of sp³-hybridized carbons (Fsp3) is 0.692. The lowest BCUT2D eigenvalue weighted by atomic mass is 9.80. The van der Waals surface area contributed by atoms with E-state index >= 15 is 0 Å². The summed E-state index contributed by atoms with van der Waals surface area (Å²) in [6, 6.07) is 2.36. The van der Waals surface area contributed by atoms with Gasteiger partial charge in [0.05, 0.1) is 0 Å². The molecule has 3 unspecified atom stereocenters. The van der Waals surface area contributed by atoms with Gasteiger partial charge in [-0.3, -0.25) is 0 Å². The Balaban J connectivity index is 2.09. The molecule has 1 fully saturated rings. The van der Waals surface area contributed by atoms with Crippen molar-refractivity contribution in [2.24, 2.45) is 17.7 Å². The molecular formula is C13H23N5S. The molecule has 0 radical (unpaired) electrons. The normalized spacial score (nSPS) is 27.1. The van der Waals surface area contributed by atoms with Crippen LogP contribution in [0.15, 0.2) is 11.2 Å². The van der Waals surface area contributed by atoms with E-state index in [9.17, 15) is 0 Å². The van der Waals surface area contributed by atoms with Crippen LogP contribution in [-0.4, -0.2) is 22.3 Å². The van der Waals surface area contributed by atoms with Crippen molar-refractivity contribution in [1.82, 2.24) is 9.97 Å². The predicted octanol–water partition coefficient (Wildman–Crippen LogP) is 2.72. The molecule has 5 nitrogen and oxygen atoms in total. The van der Waals surface area contributed by atoms with Crippen LogP contribution < -0.4 is 16.6 Å². The first-order chi connectivity index (χ1) is 9.12. The van der Waals surface area contributed by atoms with Gasteiger partial charge >= 0.3 is 0 Å². The molecule has 6 heteroatoms. The Bertz CT molecular complexity index is 403. The van der Waals surface area contributed by atoms with Crippen LogP contribution in [0.2, 0.25) is 0 Å². The van der Waals surface area contributed by atoms with Crippen molar-refractivity contribution in [2.45, 2.75) is 44.3 Å². The number of nitrogens with zero attached hydrogens (tertiary/aromatic N) is 2. The zero-order valence-electron chi connectivity index (χ0n) is 11.8. The lowest BCUT2D eigenvalue weighted by molar-refractivity contribution is 0.276. The van der Waals surface area contributed by atoms with E-state index in [1.165, 1.54) is 31.0 Å². The molecule has 0 saturated heterocycles. The molecule has 1 saturated carbocycles. The molecule has 0 aromatic carbocycles. The molecule has 1 heterocycles. The number of rotatable bonds is 4. The van der Waals surface area contributed by atoms with Crippen LogP contribution in [-0.2, 0) is 0 Å². The Kier molecular flexibility index (Phi) is 4.87. The fourth-order valence-electron chi connectivity index (χ4n) is 2.73. The van der Waals surface area contributed by atoms with E-state index in [-0.39, 0.29) is 0 Å². The predicted molar refractivity (Wildman–Crippen MR) is 81.2 cm³/mol. The maximum atomic E-state index is 5.44. The number of hydrogen-bond donors (Lipinski definition) is 3. The standard InChI is InChI=1S/C13H23N5S/c1-8-4-5-10(9(2)6-8)15-11-7-12(18-14)17-13(16-11)19-3/h7-10H,4-6,14H2,1-3H3,(H2,15,16,17,18). The first-order valence-corrected chi connectivity index (χ1v) is 8.01. The Morgan fingerprint density at radius 3 is 2.63 bits per heavy atom. The highest BCUT2D eigenvalue weighted by atomic mass is 32.2. The number of nitrogens with two attached hydrogens (primary N) is 1. The first kappa shape index (κ1) is 14.4. The number of thioether (sulfide) groups is 1. The summed E-state index contributed by atoms with van der Waals surface area (Å²) in [7, 11) is 0. The third kappa shape index (κ3) is 3.73. The summed E-state index contributed by atoms with van der Waals surface area (Å²) in [4.78, 5) is 8.76. The van der Waals surface area contributed by atoms with Crippen molar-refractivity contribution in [3.05, 3.63) is 6.07 Å². The number of anilines is 2. The second-order valence-electron chi connectivity index (χ2n) is 5.42.